The zero-order valence-corrected chi connectivity index (χ0v) is 14.7. The van der Waals surface area contributed by atoms with Crippen molar-refractivity contribution in [3.8, 4) is 11.5 Å². The molecule has 134 valence electrons. The number of rotatable bonds is 9. The Morgan fingerprint density at radius 1 is 1.21 bits per heavy atom. The van der Waals surface area contributed by atoms with Crippen LogP contribution in [0.3, 0.4) is 0 Å². The van der Waals surface area contributed by atoms with Crippen LogP contribution >= 0.6 is 0 Å². The fourth-order valence-electron chi connectivity index (χ4n) is 2.33. The molecule has 7 nitrogen and oxygen atoms in total. The lowest BCUT2D eigenvalue weighted by Gasteiger charge is -2.22. The third kappa shape index (κ3) is 5.64. The number of ether oxygens (including phenoxy) is 2. The molecule has 1 aromatic rings. The molecule has 0 fully saturated rings. The number of urea groups is 1. The molecule has 0 unspecified atom stereocenters. The van der Waals surface area contributed by atoms with E-state index >= 15 is 0 Å². The fourth-order valence-corrected chi connectivity index (χ4v) is 2.33. The van der Waals surface area contributed by atoms with Gasteiger partial charge in [0, 0.05) is 6.54 Å². The zero-order valence-electron chi connectivity index (χ0n) is 14.7. The van der Waals surface area contributed by atoms with Crippen LogP contribution < -0.4 is 25.8 Å². The predicted octanol–water partition coefficient (Wildman–Crippen LogP) is 1.45. The van der Waals surface area contributed by atoms with Crippen molar-refractivity contribution in [3.05, 3.63) is 23.8 Å². The Kier molecular flexibility index (Phi) is 7.88. The van der Waals surface area contributed by atoms with Crippen molar-refractivity contribution < 1.29 is 19.1 Å². The third-order valence-corrected chi connectivity index (χ3v) is 3.95. The molecule has 24 heavy (non-hydrogen) atoms. The van der Waals surface area contributed by atoms with Crippen molar-refractivity contribution in [2.24, 2.45) is 11.7 Å². The van der Waals surface area contributed by atoms with E-state index in [4.69, 9.17) is 15.2 Å². The number of hydrogen-bond donors (Lipinski definition) is 3. The van der Waals surface area contributed by atoms with Crippen LogP contribution in [0.25, 0.3) is 0 Å². The maximum atomic E-state index is 12.3. The molecule has 0 aliphatic rings. The van der Waals surface area contributed by atoms with Gasteiger partial charge in [-0.2, -0.15) is 0 Å². The monoisotopic (exact) mass is 337 g/mol. The molecule has 0 saturated heterocycles. The van der Waals surface area contributed by atoms with Crippen molar-refractivity contribution in [1.82, 2.24) is 10.6 Å². The van der Waals surface area contributed by atoms with Gasteiger partial charge >= 0.3 is 6.03 Å². The summed E-state index contributed by atoms with van der Waals surface area (Å²) in [4.78, 5) is 23.3. The molecule has 7 heteroatoms. The van der Waals surface area contributed by atoms with Gasteiger partial charge < -0.3 is 25.8 Å². The average Bonchev–Trinajstić information content (AvgIpc) is 2.58. The molecule has 2 atom stereocenters. The molecule has 0 radical (unpaired) electrons. The number of carbonyl (C=O) groups is 2. The predicted molar refractivity (Wildman–Crippen MR) is 92.2 cm³/mol. The molecule has 1 aromatic carbocycles. The van der Waals surface area contributed by atoms with E-state index in [1.807, 2.05) is 32.0 Å². The first-order chi connectivity index (χ1) is 11.4. The molecular formula is C17H27N3O4. The first-order valence-corrected chi connectivity index (χ1v) is 7.97. The van der Waals surface area contributed by atoms with E-state index in [2.05, 4.69) is 10.6 Å². The zero-order chi connectivity index (χ0) is 18.1. The van der Waals surface area contributed by atoms with Gasteiger partial charge in [-0.25, -0.2) is 4.79 Å². The molecule has 0 bridgehead atoms. The van der Waals surface area contributed by atoms with E-state index < -0.39 is 12.1 Å². The lowest BCUT2D eigenvalue weighted by Crippen LogP contribution is -2.52. The highest BCUT2D eigenvalue weighted by Crippen LogP contribution is 2.27. The second-order valence-electron chi connectivity index (χ2n) is 5.60. The van der Waals surface area contributed by atoms with Gasteiger partial charge in [-0.1, -0.05) is 26.3 Å². The Labute approximate surface area is 142 Å². The summed E-state index contributed by atoms with van der Waals surface area (Å²) in [7, 11) is 3.16. The second-order valence-corrected chi connectivity index (χ2v) is 5.60. The van der Waals surface area contributed by atoms with Gasteiger partial charge in [0.1, 0.15) is 6.04 Å². The van der Waals surface area contributed by atoms with Crippen LogP contribution in [0.5, 0.6) is 11.5 Å². The van der Waals surface area contributed by atoms with E-state index in [1.165, 1.54) is 0 Å². The van der Waals surface area contributed by atoms with Crippen molar-refractivity contribution in [1.29, 1.82) is 0 Å². The normalized spacial score (nSPS) is 12.8. The number of nitrogens with one attached hydrogen (secondary N) is 2. The lowest BCUT2D eigenvalue weighted by atomic mass is 9.98. The van der Waals surface area contributed by atoms with E-state index in [9.17, 15) is 9.59 Å². The molecule has 0 aliphatic carbocycles. The molecular weight excluding hydrogens is 310 g/mol. The van der Waals surface area contributed by atoms with Crippen LogP contribution in [0.15, 0.2) is 18.2 Å². The smallest absolute Gasteiger partial charge is 0.312 e. The number of primary amides is 1. The number of methoxy groups -OCH3 is 2. The maximum Gasteiger partial charge on any atom is 0.312 e. The Morgan fingerprint density at radius 3 is 2.42 bits per heavy atom. The summed E-state index contributed by atoms with van der Waals surface area (Å²) in [5, 5.41) is 5.34. The number of benzene rings is 1. The van der Waals surface area contributed by atoms with Crippen molar-refractivity contribution in [3.63, 3.8) is 0 Å². The van der Waals surface area contributed by atoms with Crippen LogP contribution in [-0.4, -0.2) is 38.7 Å². The molecule has 0 spiro atoms. The Balaban J connectivity index is 2.61. The van der Waals surface area contributed by atoms with Gasteiger partial charge in [0.05, 0.1) is 14.2 Å². The summed E-state index contributed by atoms with van der Waals surface area (Å²) in [5.74, 6) is 1.07. The molecule has 0 aromatic heterocycles. The Morgan fingerprint density at radius 2 is 1.88 bits per heavy atom. The molecule has 4 N–H and O–H groups in total. The Bertz CT molecular complexity index is 563. The summed E-state index contributed by atoms with van der Waals surface area (Å²) in [6.45, 7) is 4.30. The largest absolute Gasteiger partial charge is 0.493 e. The standard InChI is InChI=1S/C17H27N3O4/c1-5-11(2)15(20-17(18)22)16(21)19-9-8-12-6-7-13(23-3)14(10-12)24-4/h6-7,10-11,15H,5,8-9H2,1-4H3,(H,19,21)(H3,18,20,22)/t11-,15+/m1/s1. The van der Waals surface area contributed by atoms with Crippen LogP contribution in [0.4, 0.5) is 4.79 Å². The van der Waals surface area contributed by atoms with Gasteiger partial charge in [-0.15, -0.1) is 0 Å². The highest BCUT2D eigenvalue weighted by molar-refractivity contribution is 5.86. The number of nitrogens with two attached hydrogens (primary N) is 1. The van der Waals surface area contributed by atoms with Crippen molar-refractivity contribution >= 4 is 11.9 Å². The van der Waals surface area contributed by atoms with Crippen LogP contribution in [0.1, 0.15) is 25.8 Å². The molecule has 0 aliphatic heterocycles. The van der Waals surface area contributed by atoms with Crippen molar-refractivity contribution in [2.75, 3.05) is 20.8 Å². The first-order valence-electron chi connectivity index (χ1n) is 7.97. The van der Waals surface area contributed by atoms with Crippen LogP contribution in [-0.2, 0) is 11.2 Å². The number of amides is 3. The minimum atomic E-state index is -0.699. The summed E-state index contributed by atoms with van der Waals surface area (Å²) >= 11 is 0. The highest BCUT2D eigenvalue weighted by atomic mass is 16.5. The van der Waals surface area contributed by atoms with Gasteiger partial charge in [-0.3, -0.25) is 4.79 Å². The quantitative estimate of drug-likeness (QED) is 0.634. The lowest BCUT2D eigenvalue weighted by molar-refractivity contribution is -0.124. The average molecular weight is 337 g/mol. The van der Waals surface area contributed by atoms with Crippen LogP contribution in [0.2, 0.25) is 0 Å². The molecule has 3 amide bonds. The van der Waals surface area contributed by atoms with E-state index in [-0.39, 0.29) is 11.8 Å². The molecule has 0 heterocycles. The minimum absolute atomic E-state index is 0.00131. The van der Waals surface area contributed by atoms with E-state index in [0.717, 1.165) is 12.0 Å². The summed E-state index contributed by atoms with van der Waals surface area (Å²) in [6.07, 6.45) is 1.39. The first kappa shape index (κ1) is 19.6. The Hall–Kier alpha value is -2.44. The summed E-state index contributed by atoms with van der Waals surface area (Å²) in [6, 6.07) is 4.29. The molecule has 1 rings (SSSR count). The SMILES string of the molecule is CC[C@@H](C)[C@H](NC(N)=O)C(=O)NCCc1ccc(OC)c(OC)c1. The van der Waals surface area contributed by atoms with E-state index in [0.29, 0.717) is 24.5 Å². The van der Waals surface area contributed by atoms with Crippen LogP contribution in [0, 0.1) is 5.92 Å². The van der Waals surface area contributed by atoms with Gasteiger partial charge in [0.15, 0.2) is 11.5 Å². The summed E-state index contributed by atoms with van der Waals surface area (Å²) in [5.41, 5.74) is 6.16. The minimum Gasteiger partial charge on any atom is -0.493 e. The fraction of sp³-hybridized carbons (Fsp3) is 0.529. The summed E-state index contributed by atoms with van der Waals surface area (Å²) < 4.78 is 10.5. The molecule has 0 saturated carbocycles. The van der Waals surface area contributed by atoms with Gasteiger partial charge in [0.25, 0.3) is 0 Å². The third-order valence-electron chi connectivity index (χ3n) is 3.95. The number of carbonyl (C=O) groups excluding carboxylic acids is 2. The topological polar surface area (TPSA) is 103 Å². The highest BCUT2D eigenvalue weighted by Gasteiger charge is 2.24. The van der Waals surface area contributed by atoms with Gasteiger partial charge in [-0.05, 0) is 30.0 Å². The second kappa shape index (κ2) is 9.64. The van der Waals surface area contributed by atoms with Crippen molar-refractivity contribution in [2.45, 2.75) is 32.7 Å². The maximum absolute atomic E-state index is 12.3. The number of hydrogen-bond acceptors (Lipinski definition) is 4. The van der Waals surface area contributed by atoms with E-state index in [1.54, 1.807) is 14.2 Å². The van der Waals surface area contributed by atoms with Gasteiger partial charge in [0.2, 0.25) is 5.91 Å².